The second kappa shape index (κ2) is 9.52. The lowest BCUT2D eigenvalue weighted by atomic mass is 10.0. The third kappa shape index (κ3) is 4.85. The number of aryl methyl sites for hydroxylation is 1. The highest BCUT2D eigenvalue weighted by atomic mass is 32.2. The summed E-state index contributed by atoms with van der Waals surface area (Å²) in [5.41, 5.74) is 1.11. The summed E-state index contributed by atoms with van der Waals surface area (Å²) in [6.45, 7) is 5.87. The molecular formula is C22H29N3O5S. The average Bonchev–Trinajstić information content (AvgIpc) is 3.46. The van der Waals surface area contributed by atoms with Crippen LogP contribution in [0.2, 0.25) is 0 Å². The van der Waals surface area contributed by atoms with Crippen LogP contribution in [-0.4, -0.2) is 69.5 Å². The molecule has 0 bridgehead atoms. The van der Waals surface area contributed by atoms with Crippen LogP contribution in [0.5, 0.6) is 0 Å². The van der Waals surface area contributed by atoms with Gasteiger partial charge in [0.05, 0.1) is 19.3 Å². The van der Waals surface area contributed by atoms with E-state index in [0.717, 1.165) is 31.5 Å². The van der Waals surface area contributed by atoms with Gasteiger partial charge < -0.3 is 14.5 Å². The minimum atomic E-state index is -3.64. The second-order valence-electron chi connectivity index (χ2n) is 7.93. The Morgan fingerprint density at radius 3 is 2.45 bits per heavy atom. The fourth-order valence-electron chi connectivity index (χ4n) is 4.20. The molecule has 2 aliphatic heterocycles. The molecule has 4 rings (SSSR count). The van der Waals surface area contributed by atoms with Gasteiger partial charge in [-0.1, -0.05) is 30.3 Å². The topological polar surface area (TPSA) is 92.1 Å². The van der Waals surface area contributed by atoms with E-state index in [1.165, 1.54) is 10.4 Å². The van der Waals surface area contributed by atoms with E-state index in [0.29, 0.717) is 32.8 Å². The van der Waals surface area contributed by atoms with E-state index in [9.17, 15) is 13.2 Å². The van der Waals surface area contributed by atoms with Crippen LogP contribution in [0.4, 0.5) is 0 Å². The van der Waals surface area contributed by atoms with Crippen LogP contribution >= 0.6 is 0 Å². The molecule has 31 heavy (non-hydrogen) atoms. The Morgan fingerprint density at radius 1 is 1.10 bits per heavy atom. The fraction of sp³-hybridized carbons (Fsp3) is 0.500. The van der Waals surface area contributed by atoms with E-state index in [2.05, 4.69) is 10.2 Å². The molecule has 0 saturated carbocycles. The monoisotopic (exact) mass is 447 g/mol. The van der Waals surface area contributed by atoms with Gasteiger partial charge in [-0.05, 0) is 25.3 Å². The van der Waals surface area contributed by atoms with Crippen LogP contribution in [0.3, 0.4) is 0 Å². The lowest BCUT2D eigenvalue weighted by Gasteiger charge is -2.34. The van der Waals surface area contributed by atoms with E-state index in [1.807, 2.05) is 30.3 Å². The predicted octanol–water partition coefficient (Wildman–Crippen LogP) is 2.18. The van der Waals surface area contributed by atoms with E-state index >= 15 is 0 Å². The summed E-state index contributed by atoms with van der Waals surface area (Å²) < 4.78 is 38.2. The number of nitrogens with zero attached hydrogens (tertiary/aromatic N) is 2. The standard InChI is InChI=1S/C22H29N3O5S/c1-17-21(31(27,28)25-9-5-6-10-25)15-20(30-17)22(26)23-16-19(18-7-3-2-4-8-18)24-11-13-29-14-12-24/h2-4,7-8,15,19H,5-6,9-14,16H2,1H3,(H,23,26)/t19-/m1/s1. The summed E-state index contributed by atoms with van der Waals surface area (Å²) >= 11 is 0. The van der Waals surface area contributed by atoms with Gasteiger partial charge in [0.15, 0.2) is 5.76 Å². The fourth-order valence-corrected chi connectivity index (χ4v) is 5.88. The van der Waals surface area contributed by atoms with Crippen molar-refractivity contribution in [3.8, 4) is 0 Å². The van der Waals surface area contributed by atoms with Crippen molar-refractivity contribution in [3.05, 3.63) is 53.5 Å². The molecule has 0 spiro atoms. The summed E-state index contributed by atoms with van der Waals surface area (Å²) in [7, 11) is -3.64. The third-order valence-electron chi connectivity index (χ3n) is 5.91. The summed E-state index contributed by atoms with van der Waals surface area (Å²) in [6, 6.07) is 11.4. The van der Waals surface area contributed by atoms with Gasteiger partial charge >= 0.3 is 0 Å². The first-order valence-electron chi connectivity index (χ1n) is 10.7. The highest BCUT2D eigenvalue weighted by Gasteiger charge is 2.32. The number of nitrogens with one attached hydrogen (secondary N) is 1. The maximum absolute atomic E-state index is 12.9. The molecule has 1 atom stereocenters. The van der Waals surface area contributed by atoms with Crippen LogP contribution in [-0.2, 0) is 14.8 Å². The van der Waals surface area contributed by atoms with E-state index in [1.54, 1.807) is 6.92 Å². The highest BCUT2D eigenvalue weighted by Crippen LogP contribution is 2.27. The number of carbonyl (C=O) groups is 1. The maximum Gasteiger partial charge on any atom is 0.287 e. The minimum Gasteiger partial charge on any atom is -0.455 e. The van der Waals surface area contributed by atoms with Gasteiger partial charge in [-0.3, -0.25) is 9.69 Å². The molecule has 2 saturated heterocycles. The number of furan rings is 1. The first-order chi connectivity index (χ1) is 15.0. The van der Waals surface area contributed by atoms with Gasteiger partial charge in [0.1, 0.15) is 10.7 Å². The number of rotatable bonds is 7. The molecule has 2 fully saturated rings. The van der Waals surface area contributed by atoms with Crippen molar-refractivity contribution in [2.75, 3.05) is 45.9 Å². The molecule has 1 amide bonds. The molecule has 2 aliphatic rings. The van der Waals surface area contributed by atoms with Gasteiger partial charge in [0.25, 0.3) is 5.91 Å². The van der Waals surface area contributed by atoms with Crippen molar-refractivity contribution >= 4 is 15.9 Å². The van der Waals surface area contributed by atoms with Gasteiger partial charge in [-0.15, -0.1) is 0 Å². The SMILES string of the molecule is Cc1oc(C(=O)NC[C@H](c2ccccc2)N2CCOCC2)cc1S(=O)(=O)N1CCCC1. The lowest BCUT2D eigenvalue weighted by molar-refractivity contribution is 0.0161. The largest absolute Gasteiger partial charge is 0.455 e. The Bertz CT molecular complexity index is 993. The zero-order valence-electron chi connectivity index (χ0n) is 17.7. The molecule has 0 aliphatic carbocycles. The van der Waals surface area contributed by atoms with Crippen molar-refractivity contribution in [2.24, 2.45) is 0 Å². The average molecular weight is 448 g/mol. The quantitative estimate of drug-likeness (QED) is 0.700. The van der Waals surface area contributed by atoms with Crippen molar-refractivity contribution in [1.29, 1.82) is 0 Å². The summed E-state index contributed by atoms with van der Waals surface area (Å²) in [4.78, 5) is 15.2. The number of hydrogen-bond acceptors (Lipinski definition) is 6. The first-order valence-corrected chi connectivity index (χ1v) is 12.2. The zero-order valence-corrected chi connectivity index (χ0v) is 18.6. The molecule has 168 valence electrons. The number of carbonyl (C=O) groups excluding carboxylic acids is 1. The summed E-state index contributed by atoms with van der Waals surface area (Å²) in [5.74, 6) is -0.158. The highest BCUT2D eigenvalue weighted by molar-refractivity contribution is 7.89. The second-order valence-corrected chi connectivity index (χ2v) is 9.83. The van der Waals surface area contributed by atoms with Crippen molar-refractivity contribution in [1.82, 2.24) is 14.5 Å². The van der Waals surface area contributed by atoms with E-state index < -0.39 is 15.9 Å². The Morgan fingerprint density at radius 2 is 1.77 bits per heavy atom. The Hall–Kier alpha value is -2.20. The lowest BCUT2D eigenvalue weighted by Crippen LogP contribution is -2.43. The van der Waals surface area contributed by atoms with Crippen LogP contribution in [0, 0.1) is 6.92 Å². The molecule has 1 aromatic heterocycles. The molecule has 1 N–H and O–H groups in total. The zero-order chi connectivity index (χ0) is 21.8. The van der Waals surface area contributed by atoms with Crippen molar-refractivity contribution < 1.29 is 22.4 Å². The number of benzene rings is 1. The molecule has 8 nitrogen and oxygen atoms in total. The maximum atomic E-state index is 12.9. The number of morpholine rings is 1. The van der Waals surface area contributed by atoms with Gasteiger partial charge in [-0.25, -0.2) is 8.42 Å². The molecule has 1 aromatic carbocycles. The minimum absolute atomic E-state index is 0.00193. The third-order valence-corrected chi connectivity index (χ3v) is 7.91. The molecule has 0 radical (unpaired) electrons. The smallest absolute Gasteiger partial charge is 0.287 e. The molecular weight excluding hydrogens is 418 g/mol. The number of sulfonamides is 1. The normalized spacial score (nSPS) is 19.4. The summed E-state index contributed by atoms with van der Waals surface area (Å²) in [6.07, 6.45) is 1.71. The summed E-state index contributed by atoms with van der Waals surface area (Å²) in [5, 5.41) is 2.93. The first kappa shape index (κ1) is 22.0. The van der Waals surface area contributed by atoms with Crippen LogP contribution < -0.4 is 5.32 Å². The van der Waals surface area contributed by atoms with Crippen LogP contribution in [0.25, 0.3) is 0 Å². The van der Waals surface area contributed by atoms with Gasteiger partial charge in [-0.2, -0.15) is 4.31 Å². The molecule has 9 heteroatoms. The number of hydrogen-bond donors (Lipinski definition) is 1. The van der Waals surface area contributed by atoms with Crippen molar-refractivity contribution in [2.45, 2.75) is 30.7 Å². The van der Waals surface area contributed by atoms with E-state index in [4.69, 9.17) is 9.15 Å². The van der Waals surface area contributed by atoms with Gasteiger partial charge in [0, 0.05) is 38.8 Å². The Balaban J connectivity index is 1.48. The Kier molecular flexibility index (Phi) is 6.76. The van der Waals surface area contributed by atoms with Crippen LogP contribution in [0.15, 0.2) is 45.7 Å². The molecule has 3 heterocycles. The van der Waals surface area contributed by atoms with E-state index in [-0.39, 0.29) is 22.5 Å². The molecule has 0 unspecified atom stereocenters. The number of ether oxygens (including phenoxy) is 1. The van der Waals surface area contributed by atoms with Crippen molar-refractivity contribution in [3.63, 3.8) is 0 Å². The molecule has 2 aromatic rings. The Labute approximate surface area is 183 Å². The van der Waals surface area contributed by atoms with Crippen LogP contribution in [0.1, 0.15) is 40.8 Å². The van der Waals surface area contributed by atoms with Gasteiger partial charge in [0.2, 0.25) is 10.0 Å². The number of amides is 1. The predicted molar refractivity (Wildman–Crippen MR) is 115 cm³/mol.